The zero-order chi connectivity index (χ0) is 13.9. The van der Waals surface area contributed by atoms with Gasteiger partial charge < -0.3 is 5.11 Å². The molecule has 1 aromatic carbocycles. The van der Waals surface area contributed by atoms with Crippen molar-refractivity contribution in [1.29, 1.82) is 0 Å². The molecular formula is C16H18FNO. The largest absolute Gasteiger partial charge is 0.383 e. The summed E-state index contributed by atoms with van der Waals surface area (Å²) in [5, 5.41) is 10.7. The molecule has 1 atom stereocenters. The minimum absolute atomic E-state index is 0.391. The van der Waals surface area contributed by atoms with E-state index >= 15 is 0 Å². The number of aliphatic hydroxyl groups is 1. The molecule has 0 bridgehead atoms. The van der Waals surface area contributed by atoms with Crippen molar-refractivity contribution in [2.24, 2.45) is 0 Å². The van der Waals surface area contributed by atoms with E-state index in [1.807, 2.05) is 38.1 Å². The van der Waals surface area contributed by atoms with Crippen molar-refractivity contribution in [3.05, 3.63) is 65.2 Å². The number of pyridine rings is 1. The molecule has 0 radical (unpaired) electrons. The summed E-state index contributed by atoms with van der Waals surface area (Å²) in [5.74, 6) is -0.391. The average Bonchev–Trinajstić information content (AvgIpc) is 2.42. The maximum absolute atomic E-state index is 12.9. The standard InChI is InChI=1S/C16H18FNO/c1-3-16(19,15-9-8-14(17)11-18-15)10-13-6-4-12(2)5-7-13/h4-9,11,19H,3,10H2,1-2H3. The van der Waals surface area contributed by atoms with E-state index in [-0.39, 0.29) is 0 Å². The lowest BCUT2D eigenvalue weighted by Crippen LogP contribution is -2.29. The van der Waals surface area contributed by atoms with Gasteiger partial charge in [-0.25, -0.2) is 4.39 Å². The van der Waals surface area contributed by atoms with Crippen LogP contribution in [0.4, 0.5) is 4.39 Å². The van der Waals surface area contributed by atoms with Gasteiger partial charge in [0.1, 0.15) is 11.4 Å². The lowest BCUT2D eigenvalue weighted by Gasteiger charge is -2.26. The minimum Gasteiger partial charge on any atom is -0.383 e. The van der Waals surface area contributed by atoms with Crippen LogP contribution in [0.15, 0.2) is 42.6 Å². The van der Waals surface area contributed by atoms with Crippen molar-refractivity contribution in [1.82, 2.24) is 4.98 Å². The topological polar surface area (TPSA) is 33.1 Å². The zero-order valence-electron chi connectivity index (χ0n) is 11.2. The molecule has 0 spiro atoms. The first-order valence-electron chi connectivity index (χ1n) is 6.43. The van der Waals surface area contributed by atoms with Crippen molar-refractivity contribution in [3.8, 4) is 0 Å². The van der Waals surface area contributed by atoms with E-state index in [9.17, 15) is 9.50 Å². The quantitative estimate of drug-likeness (QED) is 0.913. The summed E-state index contributed by atoms with van der Waals surface area (Å²) in [5.41, 5.74) is 1.69. The molecular weight excluding hydrogens is 241 g/mol. The summed E-state index contributed by atoms with van der Waals surface area (Å²) in [6.07, 6.45) is 2.15. The Balaban J connectivity index is 2.27. The predicted molar refractivity (Wildman–Crippen MR) is 73.3 cm³/mol. The van der Waals surface area contributed by atoms with Crippen LogP contribution in [0.3, 0.4) is 0 Å². The molecule has 2 nitrogen and oxygen atoms in total. The van der Waals surface area contributed by atoms with Gasteiger partial charge in [-0.05, 0) is 31.0 Å². The molecule has 2 aromatic rings. The highest BCUT2D eigenvalue weighted by atomic mass is 19.1. The second-order valence-electron chi connectivity index (χ2n) is 4.91. The maximum atomic E-state index is 12.9. The van der Waals surface area contributed by atoms with Crippen LogP contribution in [-0.4, -0.2) is 10.1 Å². The van der Waals surface area contributed by atoms with E-state index in [1.54, 1.807) is 6.07 Å². The second kappa shape index (κ2) is 5.49. The Morgan fingerprint density at radius 3 is 2.37 bits per heavy atom. The third kappa shape index (κ3) is 3.18. The number of hydrogen-bond donors (Lipinski definition) is 1. The fourth-order valence-electron chi connectivity index (χ4n) is 2.09. The molecule has 0 aliphatic carbocycles. The summed E-state index contributed by atoms with van der Waals surface area (Å²) in [6, 6.07) is 10.9. The van der Waals surface area contributed by atoms with Crippen LogP contribution in [-0.2, 0) is 12.0 Å². The maximum Gasteiger partial charge on any atom is 0.141 e. The zero-order valence-corrected chi connectivity index (χ0v) is 11.2. The number of aryl methyl sites for hydroxylation is 1. The van der Waals surface area contributed by atoms with Crippen molar-refractivity contribution in [3.63, 3.8) is 0 Å². The van der Waals surface area contributed by atoms with Gasteiger partial charge in [0.25, 0.3) is 0 Å². The number of rotatable bonds is 4. The average molecular weight is 259 g/mol. The van der Waals surface area contributed by atoms with E-state index in [0.29, 0.717) is 18.5 Å². The fraction of sp³-hybridized carbons (Fsp3) is 0.312. The molecule has 0 fully saturated rings. The summed E-state index contributed by atoms with van der Waals surface area (Å²) in [4.78, 5) is 4.01. The number of halogens is 1. The number of aromatic nitrogens is 1. The molecule has 1 heterocycles. The molecule has 1 unspecified atom stereocenters. The van der Waals surface area contributed by atoms with Gasteiger partial charge in [-0.1, -0.05) is 36.8 Å². The van der Waals surface area contributed by atoms with E-state index in [1.165, 1.54) is 11.6 Å². The molecule has 0 saturated carbocycles. The molecule has 0 amide bonds. The van der Waals surface area contributed by atoms with Gasteiger partial charge in [0.2, 0.25) is 0 Å². The number of benzene rings is 1. The van der Waals surface area contributed by atoms with Gasteiger partial charge in [-0.3, -0.25) is 4.98 Å². The van der Waals surface area contributed by atoms with E-state index < -0.39 is 11.4 Å². The third-order valence-electron chi connectivity index (χ3n) is 3.41. The Morgan fingerprint density at radius 1 is 1.16 bits per heavy atom. The van der Waals surface area contributed by atoms with Crippen LogP contribution in [0.2, 0.25) is 0 Å². The normalized spacial score (nSPS) is 14.1. The van der Waals surface area contributed by atoms with E-state index in [4.69, 9.17) is 0 Å². The lowest BCUT2D eigenvalue weighted by molar-refractivity contribution is 0.0282. The summed E-state index contributed by atoms with van der Waals surface area (Å²) in [6.45, 7) is 3.93. The van der Waals surface area contributed by atoms with Crippen molar-refractivity contribution in [2.75, 3.05) is 0 Å². The molecule has 0 saturated heterocycles. The molecule has 0 aliphatic rings. The summed E-state index contributed by atoms with van der Waals surface area (Å²) >= 11 is 0. The SMILES string of the molecule is CCC(O)(Cc1ccc(C)cc1)c1ccc(F)cn1. The van der Waals surface area contributed by atoms with Gasteiger partial charge >= 0.3 is 0 Å². The van der Waals surface area contributed by atoms with Gasteiger partial charge in [0.15, 0.2) is 0 Å². The lowest BCUT2D eigenvalue weighted by atomic mass is 9.88. The van der Waals surface area contributed by atoms with Crippen LogP contribution in [0, 0.1) is 12.7 Å². The summed E-state index contributed by atoms with van der Waals surface area (Å²) in [7, 11) is 0. The Bertz CT molecular complexity index is 536. The Morgan fingerprint density at radius 2 is 1.84 bits per heavy atom. The number of hydrogen-bond acceptors (Lipinski definition) is 2. The van der Waals surface area contributed by atoms with E-state index in [2.05, 4.69) is 4.98 Å². The molecule has 19 heavy (non-hydrogen) atoms. The molecule has 1 aromatic heterocycles. The smallest absolute Gasteiger partial charge is 0.141 e. The van der Waals surface area contributed by atoms with Crippen molar-refractivity contribution >= 4 is 0 Å². The molecule has 2 rings (SSSR count). The second-order valence-corrected chi connectivity index (χ2v) is 4.91. The van der Waals surface area contributed by atoms with Crippen LogP contribution >= 0.6 is 0 Å². The summed E-state index contributed by atoms with van der Waals surface area (Å²) < 4.78 is 12.9. The third-order valence-corrected chi connectivity index (χ3v) is 3.41. The first kappa shape index (κ1) is 13.7. The molecule has 100 valence electrons. The Hall–Kier alpha value is -1.74. The first-order valence-corrected chi connectivity index (χ1v) is 6.43. The highest BCUT2D eigenvalue weighted by Crippen LogP contribution is 2.27. The van der Waals surface area contributed by atoms with Crippen LogP contribution in [0.1, 0.15) is 30.2 Å². The fourth-order valence-corrected chi connectivity index (χ4v) is 2.09. The first-order chi connectivity index (χ1) is 9.03. The van der Waals surface area contributed by atoms with Gasteiger partial charge in [0.05, 0.1) is 11.9 Å². The molecule has 1 N–H and O–H groups in total. The highest BCUT2D eigenvalue weighted by molar-refractivity contribution is 5.25. The van der Waals surface area contributed by atoms with E-state index in [0.717, 1.165) is 11.8 Å². The van der Waals surface area contributed by atoms with Crippen LogP contribution < -0.4 is 0 Å². The van der Waals surface area contributed by atoms with Gasteiger partial charge in [-0.15, -0.1) is 0 Å². The van der Waals surface area contributed by atoms with Crippen molar-refractivity contribution < 1.29 is 9.50 Å². The Labute approximate surface area is 112 Å². The minimum atomic E-state index is -1.05. The monoisotopic (exact) mass is 259 g/mol. The Kier molecular flexibility index (Phi) is 3.96. The van der Waals surface area contributed by atoms with Gasteiger partial charge in [0, 0.05) is 6.42 Å². The molecule has 0 aliphatic heterocycles. The number of nitrogens with zero attached hydrogens (tertiary/aromatic N) is 1. The van der Waals surface area contributed by atoms with Crippen LogP contribution in [0.5, 0.6) is 0 Å². The highest BCUT2D eigenvalue weighted by Gasteiger charge is 2.29. The van der Waals surface area contributed by atoms with Gasteiger partial charge in [-0.2, -0.15) is 0 Å². The van der Waals surface area contributed by atoms with Crippen molar-refractivity contribution in [2.45, 2.75) is 32.3 Å². The van der Waals surface area contributed by atoms with Crippen LogP contribution in [0.25, 0.3) is 0 Å². The predicted octanol–water partition coefficient (Wildman–Crippen LogP) is 3.37. The molecule has 3 heteroatoms.